The zero-order valence-electron chi connectivity index (χ0n) is 10.7. The first-order valence-corrected chi connectivity index (χ1v) is 5.85. The number of hydrogen-bond acceptors (Lipinski definition) is 4. The second-order valence-electron chi connectivity index (χ2n) is 4.23. The van der Waals surface area contributed by atoms with Gasteiger partial charge < -0.3 is 10.1 Å². The Hall–Kier alpha value is -1.42. The fourth-order valence-electron chi connectivity index (χ4n) is 1.69. The molecule has 0 aliphatic heterocycles. The van der Waals surface area contributed by atoms with Crippen molar-refractivity contribution in [3.63, 3.8) is 0 Å². The highest BCUT2D eigenvalue weighted by molar-refractivity contribution is 5.71. The van der Waals surface area contributed by atoms with Crippen LogP contribution in [-0.4, -0.2) is 24.6 Å². The van der Waals surface area contributed by atoms with Crippen molar-refractivity contribution in [3.05, 3.63) is 30.1 Å². The van der Waals surface area contributed by atoms with Gasteiger partial charge in [0.2, 0.25) is 0 Å². The van der Waals surface area contributed by atoms with Crippen molar-refractivity contribution in [3.8, 4) is 0 Å². The van der Waals surface area contributed by atoms with Gasteiger partial charge in [-0.3, -0.25) is 9.78 Å². The molecule has 1 unspecified atom stereocenters. The van der Waals surface area contributed by atoms with E-state index in [1.54, 1.807) is 6.20 Å². The van der Waals surface area contributed by atoms with Crippen LogP contribution in [0.3, 0.4) is 0 Å². The summed E-state index contributed by atoms with van der Waals surface area (Å²) >= 11 is 0. The third kappa shape index (κ3) is 3.82. The van der Waals surface area contributed by atoms with Crippen molar-refractivity contribution < 1.29 is 9.53 Å². The number of esters is 1. The minimum atomic E-state index is -0.468. The topological polar surface area (TPSA) is 51.2 Å². The Labute approximate surface area is 102 Å². The van der Waals surface area contributed by atoms with E-state index in [1.165, 1.54) is 7.11 Å². The number of rotatable bonds is 6. The first-order valence-electron chi connectivity index (χ1n) is 5.85. The van der Waals surface area contributed by atoms with Crippen molar-refractivity contribution in [2.24, 2.45) is 0 Å². The Morgan fingerprint density at radius 2 is 2.29 bits per heavy atom. The highest BCUT2D eigenvalue weighted by atomic mass is 16.5. The molecule has 0 amide bonds. The van der Waals surface area contributed by atoms with Crippen LogP contribution in [0.15, 0.2) is 24.4 Å². The van der Waals surface area contributed by atoms with Gasteiger partial charge in [0, 0.05) is 6.20 Å². The molecule has 94 valence electrons. The van der Waals surface area contributed by atoms with Gasteiger partial charge in [0.25, 0.3) is 0 Å². The Morgan fingerprint density at radius 3 is 2.82 bits per heavy atom. The molecule has 0 aromatic carbocycles. The van der Waals surface area contributed by atoms with Gasteiger partial charge in [-0.2, -0.15) is 0 Å². The van der Waals surface area contributed by atoms with Gasteiger partial charge in [-0.1, -0.05) is 13.0 Å². The summed E-state index contributed by atoms with van der Waals surface area (Å²) in [7, 11) is 1.40. The van der Waals surface area contributed by atoms with Crippen molar-refractivity contribution in [1.29, 1.82) is 0 Å². The molecule has 0 fully saturated rings. The van der Waals surface area contributed by atoms with E-state index >= 15 is 0 Å². The summed E-state index contributed by atoms with van der Waals surface area (Å²) in [6, 6.07) is 5.71. The third-order valence-corrected chi connectivity index (χ3v) is 2.72. The van der Waals surface area contributed by atoms with E-state index < -0.39 is 5.54 Å². The standard InChI is InChI=1S/C13H20N2O2/c1-4-8-15-13(2,10-12(16)17-3)11-7-5-6-9-14-11/h5-7,9,15H,4,8,10H2,1-3H3. The van der Waals surface area contributed by atoms with Crippen LogP contribution >= 0.6 is 0 Å². The molecule has 1 heterocycles. The van der Waals surface area contributed by atoms with Gasteiger partial charge in [0.1, 0.15) is 0 Å². The quantitative estimate of drug-likeness (QED) is 0.766. The first kappa shape index (κ1) is 13.6. The molecule has 17 heavy (non-hydrogen) atoms. The number of nitrogens with zero attached hydrogens (tertiary/aromatic N) is 1. The molecule has 0 saturated carbocycles. The Kier molecular flexibility index (Phi) is 5.10. The molecule has 0 aliphatic carbocycles. The number of ether oxygens (including phenoxy) is 1. The minimum Gasteiger partial charge on any atom is -0.469 e. The van der Waals surface area contributed by atoms with Gasteiger partial charge in [-0.25, -0.2) is 0 Å². The Balaban J connectivity index is 2.89. The zero-order chi connectivity index (χ0) is 12.7. The van der Waals surface area contributed by atoms with Crippen LogP contribution < -0.4 is 5.32 Å². The van der Waals surface area contributed by atoms with Crippen molar-refractivity contribution >= 4 is 5.97 Å². The normalized spacial score (nSPS) is 14.1. The van der Waals surface area contributed by atoms with E-state index in [1.807, 2.05) is 25.1 Å². The summed E-state index contributed by atoms with van der Waals surface area (Å²) in [4.78, 5) is 15.8. The largest absolute Gasteiger partial charge is 0.469 e. The highest BCUT2D eigenvalue weighted by Crippen LogP contribution is 2.23. The average molecular weight is 236 g/mol. The minimum absolute atomic E-state index is 0.234. The molecule has 0 aliphatic rings. The lowest BCUT2D eigenvalue weighted by atomic mass is 9.92. The molecule has 4 heteroatoms. The van der Waals surface area contributed by atoms with Crippen LogP contribution in [0.5, 0.6) is 0 Å². The van der Waals surface area contributed by atoms with Gasteiger partial charge >= 0.3 is 5.97 Å². The lowest BCUT2D eigenvalue weighted by Crippen LogP contribution is -2.42. The first-order chi connectivity index (χ1) is 8.12. The van der Waals surface area contributed by atoms with Crippen LogP contribution in [0, 0.1) is 0 Å². The second kappa shape index (κ2) is 6.35. The molecule has 1 atom stereocenters. The van der Waals surface area contributed by atoms with E-state index in [0.717, 1.165) is 18.7 Å². The van der Waals surface area contributed by atoms with E-state index in [-0.39, 0.29) is 12.4 Å². The van der Waals surface area contributed by atoms with Gasteiger partial charge in [0.15, 0.2) is 0 Å². The summed E-state index contributed by atoms with van der Waals surface area (Å²) in [6.45, 7) is 4.90. The molecule has 1 rings (SSSR count). The maximum Gasteiger partial charge on any atom is 0.307 e. The van der Waals surface area contributed by atoms with Crippen LogP contribution in [0.4, 0.5) is 0 Å². The molecule has 1 N–H and O–H groups in total. The second-order valence-corrected chi connectivity index (χ2v) is 4.23. The molecule has 0 radical (unpaired) electrons. The number of methoxy groups -OCH3 is 1. The summed E-state index contributed by atoms with van der Waals surface area (Å²) in [5.41, 5.74) is 0.392. The lowest BCUT2D eigenvalue weighted by molar-refractivity contribution is -0.142. The molecular formula is C13H20N2O2. The van der Waals surface area contributed by atoms with Gasteiger partial charge in [0.05, 0.1) is 24.8 Å². The maximum absolute atomic E-state index is 11.5. The number of carbonyl (C=O) groups excluding carboxylic acids is 1. The van der Waals surface area contributed by atoms with Crippen molar-refractivity contribution in [2.45, 2.75) is 32.2 Å². The Morgan fingerprint density at radius 1 is 1.53 bits per heavy atom. The fourth-order valence-corrected chi connectivity index (χ4v) is 1.69. The fraction of sp³-hybridized carbons (Fsp3) is 0.538. The maximum atomic E-state index is 11.5. The van der Waals surface area contributed by atoms with Crippen LogP contribution in [0.1, 0.15) is 32.4 Å². The van der Waals surface area contributed by atoms with Crippen LogP contribution in [0.25, 0.3) is 0 Å². The van der Waals surface area contributed by atoms with Crippen LogP contribution in [-0.2, 0) is 15.1 Å². The molecule has 1 aromatic rings. The molecule has 0 saturated heterocycles. The van der Waals surface area contributed by atoms with E-state index in [0.29, 0.717) is 0 Å². The average Bonchev–Trinajstić information content (AvgIpc) is 2.37. The monoisotopic (exact) mass is 236 g/mol. The van der Waals surface area contributed by atoms with E-state index in [9.17, 15) is 4.79 Å². The zero-order valence-corrected chi connectivity index (χ0v) is 10.7. The van der Waals surface area contributed by atoms with Crippen LogP contribution in [0.2, 0.25) is 0 Å². The summed E-state index contributed by atoms with van der Waals surface area (Å²) in [5, 5.41) is 3.36. The number of aromatic nitrogens is 1. The number of pyridine rings is 1. The number of carbonyl (C=O) groups is 1. The van der Waals surface area contributed by atoms with E-state index in [2.05, 4.69) is 17.2 Å². The number of hydrogen-bond donors (Lipinski definition) is 1. The molecule has 0 spiro atoms. The van der Waals surface area contributed by atoms with E-state index in [4.69, 9.17) is 4.74 Å². The van der Waals surface area contributed by atoms with Crippen molar-refractivity contribution in [2.75, 3.05) is 13.7 Å². The van der Waals surface area contributed by atoms with Gasteiger partial charge in [-0.15, -0.1) is 0 Å². The van der Waals surface area contributed by atoms with Crippen molar-refractivity contribution in [1.82, 2.24) is 10.3 Å². The molecule has 1 aromatic heterocycles. The lowest BCUT2D eigenvalue weighted by Gasteiger charge is -2.29. The summed E-state index contributed by atoms with van der Waals surface area (Å²) < 4.78 is 4.74. The highest BCUT2D eigenvalue weighted by Gasteiger charge is 2.30. The number of nitrogens with one attached hydrogen (secondary N) is 1. The summed E-state index contributed by atoms with van der Waals surface area (Å²) in [6.07, 6.45) is 3.02. The smallest absolute Gasteiger partial charge is 0.307 e. The predicted molar refractivity (Wildman–Crippen MR) is 66.5 cm³/mol. The molecule has 0 bridgehead atoms. The SMILES string of the molecule is CCCNC(C)(CC(=O)OC)c1ccccn1. The Bertz CT molecular complexity index is 354. The molecule has 4 nitrogen and oxygen atoms in total. The molecular weight excluding hydrogens is 216 g/mol. The van der Waals surface area contributed by atoms with Gasteiger partial charge in [-0.05, 0) is 32.0 Å². The predicted octanol–water partition coefficient (Wildman–Crippen LogP) is 1.86. The summed E-state index contributed by atoms with van der Waals surface area (Å²) in [5.74, 6) is -0.234. The third-order valence-electron chi connectivity index (χ3n) is 2.72.